The number of rotatable bonds is 2. The van der Waals surface area contributed by atoms with Crippen molar-refractivity contribution in [3.05, 3.63) is 53.6 Å². The van der Waals surface area contributed by atoms with Crippen molar-refractivity contribution in [1.82, 2.24) is 9.97 Å². The van der Waals surface area contributed by atoms with Crippen LogP contribution in [0.4, 0.5) is 5.95 Å². The monoisotopic (exact) mass is 319 g/mol. The van der Waals surface area contributed by atoms with Crippen LogP contribution < -0.4 is 10.5 Å². The first-order chi connectivity index (χ1) is 11.7. The van der Waals surface area contributed by atoms with E-state index >= 15 is 0 Å². The van der Waals surface area contributed by atoms with Gasteiger partial charge in [0.15, 0.2) is 0 Å². The van der Waals surface area contributed by atoms with Crippen LogP contribution in [0.3, 0.4) is 0 Å². The van der Waals surface area contributed by atoms with E-state index in [2.05, 4.69) is 16.0 Å². The molecular weight excluding hydrogens is 302 g/mol. The smallest absolute Gasteiger partial charge is 0.221 e. The number of methoxy groups -OCH3 is 1. The molecule has 0 radical (unpaired) electrons. The highest BCUT2D eigenvalue weighted by molar-refractivity contribution is 5.78. The lowest BCUT2D eigenvalue weighted by molar-refractivity contribution is 0.414. The summed E-state index contributed by atoms with van der Waals surface area (Å²) in [7, 11) is 1.67. The fourth-order valence-corrected chi connectivity index (χ4v) is 3.21. The highest BCUT2D eigenvalue weighted by Gasteiger charge is 2.23. The van der Waals surface area contributed by atoms with E-state index < -0.39 is 0 Å². The van der Waals surface area contributed by atoms with Crippen LogP contribution in [0.5, 0.6) is 11.5 Å². The number of benzene rings is 2. The molecule has 0 spiro atoms. The largest absolute Gasteiger partial charge is 0.508 e. The lowest BCUT2D eigenvalue weighted by atomic mass is 9.87. The Balaban J connectivity index is 1.91. The van der Waals surface area contributed by atoms with Gasteiger partial charge in [-0.15, -0.1) is 0 Å². The van der Waals surface area contributed by atoms with Crippen molar-refractivity contribution in [3.8, 4) is 34.0 Å². The maximum absolute atomic E-state index is 9.51. The van der Waals surface area contributed by atoms with E-state index in [9.17, 15) is 5.11 Å². The number of ether oxygens (including phenoxy) is 1. The molecule has 0 saturated heterocycles. The third-order valence-corrected chi connectivity index (χ3v) is 4.38. The van der Waals surface area contributed by atoms with Crippen molar-refractivity contribution in [2.45, 2.75) is 12.8 Å². The third kappa shape index (κ3) is 2.34. The number of hydrogen-bond acceptors (Lipinski definition) is 5. The van der Waals surface area contributed by atoms with Crippen molar-refractivity contribution < 1.29 is 9.84 Å². The van der Waals surface area contributed by atoms with Crippen molar-refractivity contribution in [3.63, 3.8) is 0 Å². The van der Waals surface area contributed by atoms with Gasteiger partial charge < -0.3 is 15.6 Å². The number of phenols is 1. The van der Waals surface area contributed by atoms with E-state index in [0.717, 1.165) is 46.7 Å². The predicted octanol–water partition coefficient (Wildman–Crippen LogP) is 3.21. The first-order valence-corrected chi connectivity index (χ1v) is 7.79. The second kappa shape index (κ2) is 5.53. The highest BCUT2D eigenvalue weighted by atomic mass is 16.5. The zero-order valence-electron chi connectivity index (χ0n) is 13.3. The Morgan fingerprint density at radius 3 is 2.50 bits per heavy atom. The predicted molar refractivity (Wildman–Crippen MR) is 92.9 cm³/mol. The Morgan fingerprint density at radius 2 is 1.75 bits per heavy atom. The summed E-state index contributed by atoms with van der Waals surface area (Å²) in [6.07, 6.45) is 1.74. The molecule has 1 aliphatic rings. The number of anilines is 1. The fourth-order valence-electron chi connectivity index (χ4n) is 3.21. The Bertz CT molecular complexity index is 921. The summed E-state index contributed by atoms with van der Waals surface area (Å²) in [5.74, 6) is 1.32. The molecule has 0 fully saturated rings. The fraction of sp³-hybridized carbons (Fsp3) is 0.158. The van der Waals surface area contributed by atoms with Crippen LogP contribution in [-0.4, -0.2) is 22.2 Å². The van der Waals surface area contributed by atoms with Crippen molar-refractivity contribution in [2.24, 2.45) is 0 Å². The van der Waals surface area contributed by atoms with Crippen LogP contribution >= 0.6 is 0 Å². The minimum atomic E-state index is 0.229. The van der Waals surface area contributed by atoms with Gasteiger partial charge in [-0.2, -0.15) is 0 Å². The molecule has 24 heavy (non-hydrogen) atoms. The maximum Gasteiger partial charge on any atom is 0.221 e. The highest BCUT2D eigenvalue weighted by Crippen LogP contribution is 2.38. The summed E-state index contributed by atoms with van der Waals surface area (Å²) in [6.45, 7) is 0. The molecule has 0 saturated carbocycles. The van der Waals surface area contributed by atoms with Crippen LogP contribution in [0.15, 0.2) is 42.5 Å². The second-order valence-electron chi connectivity index (χ2n) is 5.83. The molecule has 1 heterocycles. The number of nitrogens with zero attached hydrogens (tertiary/aromatic N) is 2. The first kappa shape index (κ1) is 14.5. The minimum absolute atomic E-state index is 0.229. The number of fused-ring (bicyclic) bond motifs is 3. The standard InChI is InChI=1S/C19H17N3O2/c1-24-14-7-9-15-12(10-14)4-8-16-17(21-19(20)22-18(15)16)11-2-5-13(23)6-3-11/h2-3,5-7,9-10,23H,4,8H2,1H3,(H2,20,21,22). The van der Waals surface area contributed by atoms with E-state index in [4.69, 9.17) is 10.5 Å². The van der Waals surface area contributed by atoms with Gasteiger partial charge >= 0.3 is 0 Å². The molecule has 0 unspecified atom stereocenters. The van der Waals surface area contributed by atoms with E-state index in [1.54, 1.807) is 19.2 Å². The number of nitrogens with two attached hydrogens (primary N) is 1. The van der Waals surface area contributed by atoms with Gasteiger partial charge in [-0.05, 0) is 60.9 Å². The van der Waals surface area contributed by atoms with Crippen molar-refractivity contribution in [2.75, 3.05) is 12.8 Å². The summed E-state index contributed by atoms with van der Waals surface area (Å²) in [4.78, 5) is 8.94. The molecule has 4 rings (SSSR count). The van der Waals surface area contributed by atoms with Crippen LogP contribution in [0.25, 0.3) is 22.5 Å². The number of aryl methyl sites for hydroxylation is 1. The Kier molecular flexibility index (Phi) is 3.34. The molecule has 2 aromatic carbocycles. The molecule has 0 atom stereocenters. The van der Waals surface area contributed by atoms with Gasteiger partial charge in [0.05, 0.1) is 18.5 Å². The average molecular weight is 319 g/mol. The van der Waals surface area contributed by atoms with Crippen molar-refractivity contribution >= 4 is 5.95 Å². The molecule has 5 nitrogen and oxygen atoms in total. The molecule has 5 heteroatoms. The SMILES string of the molecule is COc1ccc2c(c1)CCc1c(-c3ccc(O)cc3)nc(N)nc1-2. The summed E-state index contributed by atoms with van der Waals surface area (Å²) < 4.78 is 5.32. The minimum Gasteiger partial charge on any atom is -0.508 e. The van der Waals surface area contributed by atoms with Gasteiger partial charge in [0.25, 0.3) is 0 Å². The van der Waals surface area contributed by atoms with E-state index in [1.807, 2.05) is 24.3 Å². The Labute approximate surface area is 139 Å². The van der Waals surface area contributed by atoms with Crippen LogP contribution in [0, 0.1) is 0 Å². The van der Waals surface area contributed by atoms with E-state index in [1.165, 1.54) is 5.56 Å². The normalized spacial score (nSPS) is 12.4. The van der Waals surface area contributed by atoms with Gasteiger partial charge in [0.1, 0.15) is 11.5 Å². The van der Waals surface area contributed by atoms with Gasteiger partial charge in [-0.25, -0.2) is 9.97 Å². The number of nitrogen functional groups attached to an aromatic ring is 1. The molecule has 0 amide bonds. The zero-order valence-corrected chi connectivity index (χ0v) is 13.3. The molecular formula is C19H17N3O2. The quantitative estimate of drug-likeness (QED) is 0.758. The number of phenolic OH excluding ortho intramolecular Hbond substituents is 1. The lowest BCUT2D eigenvalue weighted by Crippen LogP contribution is -2.11. The maximum atomic E-state index is 9.51. The zero-order chi connectivity index (χ0) is 16.7. The Morgan fingerprint density at radius 1 is 1.00 bits per heavy atom. The second-order valence-corrected chi connectivity index (χ2v) is 5.83. The molecule has 0 aliphatic heterocycles. The molecule has 1 aromatic heterocycles. The number of hydrogen-bond donors (Lipinski definition) is 2. The number of aromatic nitrogens is 2. The molecule has 120 valence electrons. The molecule has 3 aromatic rings. The first-order valence-electron chi connectivity index (χ1n) is 7.79. The van der Waals surface area contributed by atoms with Gasteiger partial charge in [0, 0.05) is 16.7 Å². The summed E-state index contributed by atoms with van der Waals surface area (Å²) in [5.41, 5.74) is 12.0. The topological polar surface area (TPSA) is 81.3 Å². The van der Waals surface area contributed by atoms with Crippen LogP contribution in [0.1, 0.15) is 11.1 Å². The number of aromatic hydroxyl groups is 1. The third-order valence-electron chi connectivity index (χ3n) is 4.38. The van der Waals surface area contributed by atoms with Gasteiger partial charge in [-0.3, -0.25) is 0 Å². The van der Waals surface area contributed by atoms with E-state index in [0.29, 0.717) is 0 Å². The van der Waals surface area contributed by atoms with Crippen LogP contribution in [-0.2, 0) is 12.8 Å². The van der Waals surface area contributed by atoms with Crippen LogP contribution in [0.2, 0.25) is 0 Å². The Hall–Kier alpha value is -3.08. The summed E-state index contributed by atoms with van der Waals surface area (Å²) in [6, 6.07) is 13.0. The lowest BCUT2D eigenvalue weighted by Gasteiger charge is -2.22. The molecule has 3 N–H and O–H groups in total. The van der Waals surface area contributed by atoms with Gasteiger partial charge in [0.2, 0.25) is 5.95 Å². The molecule has 0 bridgehead atoms. The average Bonchev–Trinajstić information content (AvgIpc) is 2.61. The van der Waals surface area contributed by atoms with Crippen molar-refractivity contribution in [1.29, 1.82) is 0 Å². The summed E-state index contributed by atoms with van der Waals surface area (Å²) >= 11 is 0. The van der Waals surface area contributed by atoms with E-state index in [-0.39, 0.29) is 11.7 Å². The molecule has 1 aliphatic carbocycles. The summed E-state index contributed by atoms with van der Waals surface area (Å²) in [5, 5.41) is 9.51. The van der Waals surface area contributed by atoms with Gasteiger partial charge in [-0.1, -0.05) is 0 Å².